The van der Waals surface area contributed by atoms with Gasteiger partial charge in [0.15, 0.2) is 0 Å². The summed E-state index contributed by atoms with van der Waals surface area (Å²) in [5.41, 5.74) is 9.00. The largest absolute Gasteiger partial charge is 0.336 e. The summed E-state index contributed by atoms with van der Waals surface area (Å²) in [6.45, 7) is 1.20. The van der Waals surface area contributed by atoms with Crippen LogP contribution in [0.15, 0.2) is 67.3 Å². The summed E-state index contributed by atoms with van der Waals surface area (Å²) in [6, 6.07) is 17.6. The fraction of sp³-hybridized carbons (Fsp3) is 0.211. The Hall–Kier alpha value is -2.99. The van der Waals surface area contributed by atoms with Crippen LogP contribution >= 0.6 is 0 Å². The van der Waals surface area contributed by atoms with E-state index in [2.05, 4.69) is 22.3 Å². The minimum absolute atomic E-state index is 0.00352. The number of amides is 1. The third-order valence-electron chi connectivity index (χ3n) is 4.69. The first kappa shape index (κ1) is 15.5. The van der Waals surface area contributed by atoms with E-state index < -0.39 is 0 Å². The monoisotopic (exact) mass is 333 g/mol. The van der Waals surface area contributed by atoms with Crippen molar-refractivity contribution >= 4 is 5.91 Å². The molecule has 0 saturated carbocycles. The number of nitrogens with two attached hydrogens (primary N) is 1. The molecule has 1 aromatic heterocycles. The minimum atomic E-state index is -0.0487. The molecule has 2 aromatic carbocycles. The van der Waals surface area contributed by atoms with Gasteiger partial charge in [0, 0.05) is 36.3 Å². The van der Waals surface area contributed by atoms with Crippen LogP contribution in [0, 0.1) is 0 Å². The highest BCUT2D eigenvalue weighted by Crippen LogP contribution is 2.27. The summed E-state index contributed by atoms with van der Waals surface area (Å²) in [5.74, 6) is 0.176. The van der Waals surface area contributed by atoms with Gasteiger partial charge in [-0.05, 0) is 23.8 Å². The molecule has 1 amide bonds. The van der Waals surface area contributed by atoms with Crippen molar-refractivity contribution in [1.82, 2.24) is 19.7 Å². The zero-order valence-corrected chi connectivity index (χ0v) is 13.7. The third-order valence-corrected chi connectivity index (χ3v) is 4.69. The van der Waals surface area contributed by atoms with E-state index in [0.29, 0.717) is 18.7 Å². The molecule has 0 radical (unpaired) electrons. The van der Waals surface area contributed by atoms with Crippen molar-refractivity contribution in [3.63, 3.8) is 0 Å². The lowest BCUT2D eigenvalue weighted by Gasteiger charge is -2.17. The molecule has 3 aromatic rings. The quantitative estimate of drug-likeness (QED) is 0.793. The Morgan fingerprint density at radius 2 is 1.76 bits per heavy atom. The Balaban J connectivity index is 1.55. The second-order valence-corrected chi connectivity index (χ2v) is 6.31. The van der Waals surface area contributed by atoms with Gasteiger partial charge in [-0.15, -0.1) is 10.2 Å². The molecule has 0 spiro atoms. The molecular weight excluding hydrogens is 314 g/mol. The number of carbonyl (C=O) groups excluding carboxylic acids is 1. The Morgan fingerprint density at radius 1 is 1.00 bits per heavy atom. The van der Waals surface area contributed by atoms with Gasteiger partial charge in [0.05, 0.1) is 0 Å². The molecule has 1 aliphatic rings. The fourth-order valence-corrected chi connectivity index (χ4v) is 3.36. The molecule has 25 heavy (non-hydrogen) atoms. The number of carbonyl (C=O) groups is 1. The molecular formula is C19H19N5O. The molecule has 0 aliphatic carbocycles. The normalized spacial score (nSPS) is 20.0. The average molecular weight is 333 g/mol. The first-order chi connectivity index (χ1) is 12.2. The van der Waals surface area contributed by atoms with Crippen molar-refractivity contribution in [1.29, 1.82) is 0 Å². The SMILES string of the molecule is N[C@@H]1CN(C(=O)c2cccc(-n3cnnc3)c2)C[C@H]1c1ccccc1. The summed E-state index contributed by atoms with van der Waals surface area (Å²) < 4.78 is 1.78. The fourth-order valence-electron chi connectivity index (χ4n) is 3.36. The lowest BCUT2D eigenvalue weighted by atomic mass is 9.95. The Morgan fingerprint density at radius 3 is 2.52 bits per heavy atom. The van der Waals surface area contributed by atoms with Crippen LogP contribution in [0.2, 0.25) is 0 Å². The van der Waals surface area contributed by atoms with E-state index in [9.17, 15) is 4.79 Å². The van der Waals surface area contributed by atoms with E-state index in [-0.39, 0.29) is 17.9 Å². The second kappa shape index (κ2) is 6.49. The van der Waals surface area contributed by atoms with Crippen molar-refractivity contribution in [2.45, 2.75) is 12.0 Å². The van der Waals surface area contributed by atoms with Gasteiger partial charge < -0.3 is 10.6 Å². The van der Waals surface area contributed by atoms with Crippen LogP contribution in [0.4, 0.5) is 0 Å². The van der Waals surface area contributed by atoms with Crippen LogP contribution in [-0.2, 0) is 0 Å². The van der Waals surface area contributed by atoms with Gasteiger partial charge in [0.1, 0.15) is 12.7 Å². The Bertz CT molecular complexity index is 863. The van der Waals surface area contributed by atoms with Crippen LogP contribution in [0.3, 0.4) is 0 Å². The number of hydrogen-bond acceptors (Lipinski definition) is 4. The summed E-state index contributed by atoms with van der Waals surface area (Å²) in [5, 5.41) is 7.61. The minimum Gasteiger partial charge on any atom is -0.336 e. The van der Waals surface area contributed by atoms with E-state index in [1.165, 1.54) is 5.56 Å². The predicted molar refractivity (Wildman–Crippen MR) is 94.4 cm³/mol. The molecule has 2 N–H and O–H groups in total. The van der Waals surface area contributed by atoms with Crippen molar-refractivity contribution in [2.24, 2.45) is 5.73 Å². The third kappa shape index (κ3) is 3.04. The maximum absolute atomic E-state index is 12.9. The first-order valence-corrected chi connectivity index (χ1v) is 8.27. The predicted octanol–water partition coefficient (Wildman–Crippen LogP) is 1.83. The van der Waals surface area contributed by atoms with Crippen LogP contribution in [-0.4, -0.2) is 44.7 Å². The van der Waals surface area contributed by atoms with Crippen LogP contribution in [0.5, 0.6) is 0 Å². The molecule has 2 atom stereocenters. The van der Waals surface area contributed by atoms with Gasteiger partial charge in [-0.1, -0.05) is 36.4 Å². The molecule has 2 heterocycles. The first-order valence-electron chi connectivity index (χ1n) is 8.27. The van der Waals surface area contributed by atoms with Gasteiger partial charge in [0.25, 0.3) is 5.91 Å². The molecule has 1 aliphatic heterocycles. The smallest absolute Gasteiger partial charge is 0.254 e. The highest BCUT2D eigenvalue weighted by molar-refractivity contribution is 5.95. The lowest BCUT2D eigenvalue weighted by Crippen LogP contribution is -2.32. The van der Waals surface area contributed by atoms with Crippen LogP contribution < -0.4 is 5.73 Å². The van der Waals surface area contributed by atoms with Crippen molar-refractivity contribution < 1.29 is 4.79 Å². The number of rotatable bonds is 3. The molecule has 126 valence electrons. The number of hydrogen-bond donors (Lipinski definition) is 1. The number of nitrogens with zero attached hydrogens (tertiary/aromatic N) is 4. The number of benzene rings is 2. The highest BCUT2D eigenvalue weighted by Gasteiger charge is 2.34. The highest BCUT2D eigenvalue weighted by atomic mass is 16.2. The van der Waals surface area contributed by atoms with Gasteiger partial charge in [0.2, 0.25) is 0 Å². The second-order valence-electron chi connectivity index (χ2n) is 6.31. The van der Waals surface area contributed by atoms with E-state index in [1.54, 1.807) is 17.2 Å². The Kier molecular flexibility index (Phi) is 4.03. The van der Waals surface area contributed by atoms with Crippen LogP contribution in [0.1, 0.15) is 21.8 Å². The van der Waals surface area contributed by atoms with E-state index in [0.717, 1.165) is 5.69 Å². The molecule has 1 fully saturated rings. The van der Waals surface area contributed by atoms with Gasteiger partial charge >= 0.3 is 0 Å². The molecule has 0 bridgehead atoms. The van der Waals surface area contributed by atoms with E-state index in [1.807, 2.05) is 47.4 Å². The lowest BCUT2D eigenvalue weighted by molar-refractivity contribution is 0.0789. The Labute approximate surface area is 145 Å². The maximum Gasteiger partial charge on any atom is 0.254 e. The molecule has 0 unspecified atom stereocenters. The summed E-state index contributed by atoms with van der Waals surface area (Å²) in [6.07, 6.45) is 3.22. The van der Waals surface area contributed by atoms with Gasteiger partial charge in [-0.3, -0.25) is 9.36 Å². The molecule has 1 saturated heterocycles. The number of aromatic nitrogens is 3. The summed E-state index contributed by atoms with van der Waals surface area (Å²) >= 11 is 0. The zero-order chi connectivity index (χ0) is 17.2. The van der Waals surface area contributed by atoms with E-state index in [4.69, 9.17) is 5.73 Å². The van der Waals surface area contributed by atoms with Crippen LogP contribution in [0.25, 0.3) is 5.69 Å². The maximum atomic E-state index is 12.9. The zero-order valence-electron chi connectivity index (χ0n) is 13.7. The number of likely N-dealkylation sites (tertiary alicyclic amines) is 1. The molecule has 4 rings (SSSR count). The van der Waals surface area contributed by atoms with Crippen molar-refractivity contribution in [3.8, 4) is 5.69 Å². The van der Waals surface area contributed by atoms with E-state index >= 15 is 0 Å². The van der Waals surface area contributed by atoms with Gasteiger partial charge in [-0.25, -0.2) is 0 Å². The molecule has 6 nitrogen and oxygen atoms in total. The summed E-state index contributed by atoms with van der Waals surface area (Å²) in [4.78, 5) is 14.8. The molecule has 6 heteroatoms. The standard InChI is InChI=1S/C19H19N5O/c20-18-11-23(10-17(18)14-5-2-1-3-6-14)19(25)15-7-4-8-16(9-15)24-12-21-22-13-24/h1-9,12-13,17-18H,10-11,20H2/t17-,18+/m0/s1. The van der Waals surface area contributed by atoms with Crippen molar-refractivity contribution in [3.05, 3.63) is 78.4 Å². The topological polar surface area (TPSA) is 77.0 Å². The van der Waals surface area contributed by atoms with Crippen molar-refractivity contribution in [2.75, 3.05) is 13.1 Å². The summed E-state index contributed by atoms with van der Waals surface area (Å²) in [7, 11) is 0. The van der Waals surface area contributed by atoms with Gasteiger partial charge in [-0.2, -0.15) is 0 Å². The average Bonchev–Trinajstić information content (AvgIpc) is 3.32.